The number of halogens is 3. The fraction of sp³-hybridized carbons (Fsp3) is 0.0154. The second kappa shape index (κ2) is 17.1. The van der Waals surface area contributed by atoms with E-state index in [1.165, 1.54) is 28.5 Å². The summed E-state index contributed by atoms with van der Waals surface area (Å²) in [6.07, 6.45) is -4.68. The van der Waals surface area contributed by atoms with Crippen molar-refractivity contribution in [2.75, 3.05) is 9.80 Å². The third kappa shape index (κ3) is 7.03. The zero-order valence-corrected chi connectivity index (χ0v) is 39.6. The molecule has 0 N–H and O–H groups in total. The van der Waals surface area contributed by atoms with E-state index in [1.54, 1.807) is 10.6 Å². The first-order valence-corrected chi connectivity index (χ1v) is 24.7. The lowest BCUT2D eigenvalue weighted by molar-refractivity contribution is -0.137. The normalized spacial score (nSPS) is 12.7. The van der Waals surface area contributed by atoms with Crippen LogP contribution in [0.2, 0.25) is 0 Å². The third-order valence-electron chi connectivity index (χ3n) is 14.6. The molecule has 5 nitrogen and oxygen atoms in total. The summed E-state index contributed by atoms with van der Waals surface area (Å²) >= 11 is 0. The van der Waals surface area contributed by atoms with E-state index in [4.69, 9.17) is 9.97 Å². The molecule has 2 aliphatic rings. The second-order valence-electron chi connectivity index (χ2n) is 18.8. The molecule has 0 saturated carbocycles. The minimum absolute atomic E-state index is 0.0116. The van der Waals surface area contributed by atoms with E-state index in [0.717, 1.165) is 67.2 Å². The van der Waals surface area contributed by atoms with Gasteiger partial charge in [0.2, 0.25) is 0 Å². The predicted molar refractivity (Wildman–Crippen MR) is 297 cm³/mol. The highest BCUT2D eigenvalue weighted by molar-refractivity contribution is 7.00. The van der Waals surface area contributed by atoms with Crippen molar-refractivity contribution in [3.63, 3.8) is 0 Å². The fourth-order valence-electron chi connectivity index (χ4n) is 11.4. The van der Waals surface area contributed by atoms with Crippen molar-refractivity contribution >= 4 is 79.0 Å². The van der Waals surface area contributed by atoms with E-state index in [-0.39, 0.29) is 12.4 Å². The van der Waals surface area contributed by atoms with Crippen molar-refractivity contribution in [1.82, 2.24) is 14.5 Å². The molecule has 0 atom stereocenters. The minimum atomic E-state index is -4.68. The van der Waals surface area contributed by atoms with Crippen molar-refractivity contribution in [3.8, 4) is 50.7 Å². The van der Waals surface area contributed by atoms with Crippen LogP contribution in [0.5, 0.6) is 0 Å². The molecule has 2 aliphatic heterocycles. The van der Waals surface area contributed by atoms with Crippen LogP contribution in [-0.4, -0.2) is 21.2 Å². The molecular formula is C65H41BF3N5. The number of para-hydroxylation sites is 5. The van der Waals surface area contributed by atoms with Crippen molar-refractivity contribution in [2.24, 2.45) is 0 Å². The van der Waals surface area contributed by atoms with E-state index in [1.807, 2.05) is 115 Å². The molecule has 10 aromatic carbocycles. The first kappa shape index (κ1) is 43.3. The van der Waals surface area contributed by atoms with Crippen molar-refractivity contribution in [1.29, 1.82) is 0 Å². The summed E-state index contributed by atoms with van der Waals surface area (Å²) in [5, 5.41) is 1.65. The summed E-state index contributed by atoms with van der Waals surface area (Å²) in [5.41, 5.74) is 16.0. The van der Waals surface area contributed by atoms with Crippen LogP contribution in [0.25, 0.3) is 72.5 Å². The molecule has 0 bridgehead atoms. The monoisotopic (exact) mass is 959 g/mol. The van der Waals surface area contributed by atoms with Crippen LogP contribution in [0, 0.1) is 0 Å². The number of hydrogen-bond acceptors (Lipinski definition) is 4. The third-order valence-corrected chi connectivity index (χ3v) is 14.6. The molecule has 9 heteroatoms. The molecule has 0 amide bonds. The summed E-state index contributed by atoms with van der Waals surface area (Å²) in [6, 6.07) is 82.6. The SMILES string of the molecule is FC(F)(F)c1ccc(-c2nc(-c3ccccc3)cc(-c3ccccc3)n2)cc1-n1c2ccccc2c2cc(-c3cc4c5c(c3)N(c3ccccc3)c3ccccc3B5c3ccccc3N4c3ccccc3)ccc21. The van der Waals surface area contributed by atoms with E-state index in [2.05, 4.69) is 125 Å². The number of aromatic nitrogens is 3. The van der Waals surface area contributed by atoms with Gasteiger partial charge in [-0.1, -0.05) is 164 Å². The van der Waals surface area contributed by atoms with E-state index in [0.29, 0.717) is 33.8 Å². The molecule has 0 radical (unpaired) electrons. The average Bonchev–Trinajstić information content (AvgIpc) is 3.79. The average molecular weight is 960 g/mol. The summed E-state index contributed by atoms with van der Waals surface area (Å²) < 4.78 is 48.3. The van der Waals surface area contributed by atoms with Crippen LogP contribution in [0.15, 0.2) is 249 Å². The number of nitrogens with zero attached hydrogens (tertiary/aromatic N) is 5. The lowest BCUT2D eigenvalue weighted by Gasteiger charge is -2.44. The van der Waals surface area contributed by atoms with Crippen molar-refractivity contribution in [2.45, 2.75) is 6.18 Å². The number of fused-ring (bicyclic) bond motifs is 7. The highest BCUT2D eigenvalue weighted by Gasteiger charge is 2.43. The number of hydrogen-bond donors (Lipinski definition) is 0. The number of anilines is 6. The molecule has 0 saturated heterocycles. The van der Waals surface area contributed by atoms with Crippen LogP contribution >= 0.6 is 0 Å². The Morgan fingerprint density at radius 3 is 1.39 bits per heavy atom. The van der Waals surface area contributed by atoms with Crippen LogP contribution in [0.1, 0.15) is 5.56 Å². The largest absolute Gasteiger partial charge is 0.418 e. The lowest BCUT2D eigenvalue weighted by atomic mass is 9.33. The first-order chi connectivity index (χ1) is 36.4. The van der Waals surface area contributed by atoms with Gasteiger partial charge in [-0.15, -0.1) is 0 Å². The Hall–Kier alpha value is -9.47. The van der Waals surface area contributed by atoms with Gasteiger partial charge < -0.3 is 14.4 Å². The summed E-state index contributed by atoms with van der Waals surface area (Å²) in [6.45, 7) is -0.0448. The Bertz CT molecular complexity index is 3970. The summed E-state index contributed by atoms with van der Waals surface area (Å²) in [7, 11) is 0. The van der Waals surface area contributed by atoms with Crippen LogP contribution in [0.4, 0.5) is 47.3 Å². The molecule has 0 aliphatic carbocycles. The lowest BCUT2D eigenvalue weighted by Crippen LogP contribution is -2.61. The standard InChI is InChI=1S/C65H41BF3N5/c67-65(68,69)51-35-33-45(64-70-54(42-19-5-1-6-20-42)41-55(71-64)43-21-7-2-8-22-43)38-60(51)74-56-30-16-13-27-49(56)50-37-44(34-36-57(50)74)46-39-61-63-62(40-46)73(48-25-11-4-12-26-48)59-32-18-15-29-53(59)66(63)52-28-14-17-31-58(52)72(61)47-23-9-3-10-24-47/h1-41H. The van der Waals surface area contributed by atoms with Crippen LogP contribution in [-0.2, 0) is 6.18 Å². The van der Waals surface area contributed by atoms with Crippen LogP contribution in [0.3, 0.4) is 0 Å². The highest BCUT2D eigenvalue weighted by Crippen LogP contribution is 2.47. The number of rotatable bonds is 7. The number of alkyl halides is 3. The Labute approximate surface area is 425 Å². The Morgan fingerprint density at radius 1 is 0.351 bits per heavy atom. The fourth-order valence-corrected chi connectivity index (χ4v) is 11.4. The molecule has 2 aromatic heterocycles. The molecular weight excluding hydrogens is 919 g/mol. The van der Waals surface area contributed by atoms with Crippen LogP contribution < -0.4 is 26.2 Å². The molecule has 350 valence electrons. The summed E-state index contributed by atoms with van der Waals surface area (Å²) in [4.78, 5) is 14.8. The van der Waals surface area contributed by atoms with E-state index in [9.17, 15) is 0 Å². The van der Waals surface area contributed by atoms with Gasteiger partial charge in [-0.05, 0) is 112 Å². The first-order valence-electron chi connectivity index (χ1n) is 24.7. The van der Waals surface area contributed by atoms with E-state index < -0.39 is 11.7 Å². The molecule has 0 unspecified atom stereocenters. The molecule has 0 spiro atoms. The van der Waals surface area contributed by atoms with Gasteiger partial charge in [-0.25, -0.2) is 9.97 Å². The Kier molecular flexibility index (Phi) is 10.0. The van der Waals surface area contributed by atoms with Gasteiger partial charge in [0.25, 0.3) is 6.71 Å². The molecule has 74 heavy (non-hydrogen) atoms. The smallest absolute Gasteiger partial charge is 0.311 e. The second-order valence-corrected chi connectivity index (χ2v) is 18.8. The minimum Gasteiger partial charge on any atom is -0.311 e. The van der Waals surface area contributed by atoms with Gasteiger partial charge >= 0.3 is 6.18 Å². The highest BCUT2D eigenvalue weighted by atomic mass is 19.4. The number of benzene rings is 10. The van der Waals surface area contributed by atoms with Crippen molar-refractivity contribution in [3.05, 3.63) is 254 Å². The quantitative estimate of drug-likeness (QED) is 0.149. The predicted octanol–water partition coefficient (Wildman–Crippen LogP) is 15.3. The maximum atomic E-state index is 15.5. The van der Waals surface area contributed by atoms with Gasteiger partial charge in [0.1, 0.15) is 0 Å². The summed E-state index contributed by atoms with van der Waals surface area (Å²) in [5.74, 6) is 0.321. The van der Waals surface area contributed by atoms with Crippen molar-refractivity contribution < 1.29 is 13.2 Å². The maximum Gasteiger partial charge on any atom is 0.418 e. The molecule has 12 aromatic rings. The van der Waals surface area contributed by atoms with Gasteiger partial charge in [-0.3, -0.25) is 0 Å². The van der Waals surface area contributed by atoms with E-state index >= 15 is 13.2 Å². The Balaban J connectivity index is 0.990. The molecule has 14 rings (SSSR count). The van der Waals surface area contributed by atoms with Gasteiger partial charge in [0.15, 0.2) is 5.82 Å². The van der Waals surface area contributed by atoms with Gasteiger partial charge in [-0.2, -0.15) is 13.2 Å². The zero-order valence-electron chi connectivity index (χ0n) is 39.6. The molecule has 0 fully saturated rings. The maximum absolute atomic E-state index is 15.5. The zero-order chi connectivity index (χ0) is 49.5. The van der Waals surface area contributed by atoms with Gasteiger partial charge in [0, 0.05) is 61.6 Å². The topological polar surface area (TPSA) is 37.2 Å². The Morgan fingerprint density at radius 2 is 0.824 bits per heavy atom. The van der Waals surface area contributed by atoms with Gasteiger partial charge in [0.05, 0.1) is 33.7 Å². The molecule has 4 heterocycles.